The SMILES string of the molecule is Nc1cc(S(=O)(=O)NC(CO)(CO)CO)c(F)cc1Br. The quantitative estimate of drug-likeness (QED) is 0.413. The maximum atomic E-state index is 13.7. The number of halogens is 2. The fraction of sp³-hybridized carbons (Fsp3) is 0.400. The van der Waals surface area contributed by atoms with Gasteiger partial charge in [0.25, 0.3) is 0 Å². The highest BCUT2D eigenvalue weighted by molar-refractivity contribution is 9.10. The third-order valence-electron chi connectivity index (χ3n) is 2.60. The third-order valence-corrected chi connectivity index (χ3v) is 4.88. The molecule has 0 aliphatic heterocycles. The van der Waals surface area contributed by atoms with Crippen LogP contribution >= 0.6 is 15.9 Å². The zero-order valence-corrected chi connectivity index (χ0v) is 12.6. The molecule has 6 N–H and O–H groups in total. The Bertz CT molecular complexity index is 583. The molecule has 1 aromatic rings. The van der Waals surface area contributed by atoms with E-state index in [0.29, 0.717) is 0 Å². The average Bonchev–Trinajstić information content (AvgIpc) is 2.40. The van der Waals surface area contributed by atoms with Crippen LogP contribution in [0.25, 0.3) is 0 Å². The van der Waals surface area contributed by atoms with Gasteiger partial charge in [-0.1, -0.05) is 0 Å². The molecular formula is C10H14BrFN2O5S. The van der Waals surface area contributed by atoms with Crippen LogP contribution in [0.2, 0.25) is 0 Å². The van der Waals surface area contributed by atoms with Gasteiger partial charge in [0, 0.05) is 10.2 Å². The molecule has 0 saturated carbocycles. The first-order valence-electron chi connectivity index (χ1n) is 5.32. The van der Waals surface area contributed by atoms with Crippen molar-refractivity contribution in [1.82, 2.24) is 4.72 Å². The summed E-state index contributed by atoms with van der Waals surface area (Å²) < 4.78 is 39.9. The molecule has 0 radical (unpaired) electrons. The van der Waals surface area contributed by atoms with E-state index in [1.807, 2.05) is 4.72 Å². The summed E-state index contributed by atoms with van der Waals surface area (Å²) in [7, 11) is -4.43. The molecule has 0 aliphatic carbocycles. The lowest BCUT2D eigenvalue weighted by Crippen LogP contribution is -2.56. The first-order chi connectivity index (χ1) is 9.21. The van der Waals surface area contributed by atoms with Crippen LogP contribution in [0.15, 0.2) is 21.5 Å². The van der Waals surface area contributed by atoms with Crippen LogP contribution in [0.4, 0.5) is 10.1 Å². The summed E-state index contributed by atoms with van der Waals surface area (Å²) in [5.74, 6) is -1.07. The van der Waals surface area contributed by atoms with Crippen molar-refractivity contribution in [1.29, 1.82) is 0 Å². The van der Waals surface area contributed by atoms with Crippen molar-refractivity contribution in [3.63, 3.8) is 0 Å². The van der Waals surface area contributed by atoms with Crippen LogP contribution in [0.1, 0.15) is 0 Å². The molecule has 0 amide bonds. The summed E-state index contributed by atoms with van der Waals surface area (Å²) in [6, 6.07) is 1.76. The van der Waals surface area contributed by atoms with Crippen molar-refractivity contribution in [2.45, 2.75) is 10.4 Å². The maximum absolute atomic E-state index is 13.7. The van der Waals surface area contributed by atoms with Crippen molar-refractivity contribution in [2.24, 2.45) is 0 Å². The van der Waals surface area contributed by atoms with E-state index in [1.165, 1.54) is 0 Å². The van der Waals surface area contributed by atoms with Crippen LogP contribution in [0, 0.1) is 5.82 Å². The lowest BCUT2D eigenvalue weighted by molar-refractivity contribution is 0.0581. The lowest BCUT2D eigenvalue weighted by atomic mass is 10.1. The van der Waals surface area contributed by atoms with Gasteiger partial charge in [-0.3, -0.25) is 0 Å². The van der Waals surface area contributed by atoms with Crippen molar-refractivity contribution in [2.75, 3.05) is 25.6 Å². The summed E-state index contributed by atoms with van der Waals surface area (Å²) in [6.07, 6.45) is 0. The highest BCUT2D eigenvalue weighted by atomic mass is 79.9. The summed E-state index contributed by atoms with van der Waals surface area (Å²) in [4.78, 5) is -0.752. The second-order valence-corrected chi connectivity index (χ2v) is 6.67. The lowest BCUT2D eigenvalue weighted by Gasteiger charge is -2.28. The van der Waals surface area contributed by atoms with E-state index >= 15 is 0 Å². The van der Waals surface area contributed by atoms with E-state index in [4.69, 9.17) is 21.1 Å². The number of aliphatic hydroxyl groups excluding tert-OH is 3. The van der Waals surface area contributed by atoms with Crippen LogP contribution in [-0.4, -0.2) is 49.1 Å². The Morgan fingerprint density at radius 2 is 1.75 bits per heavy atom. The van der Waals surface area contributed by atoms with Crippen LogP contribution in [0.5, 0.6) is 0 Å². The normalized spacial score (nSPS) is 12.7. The van der Waals surface area contributed by atoms with Crippen molar-refractivity contribution in [3.05, 3.63) is 22.4 Å². The smallest absolute Gasteiger partial charge is 0.244 e. The summed E-state index contributed by atoms with van der Waals surface area (Å²) >= 11 is 2.95. The van der Waals surface area contributed by atoms with Crippen LogP contribution in [0.3, 0.4) is 0 Å². The molecular weight excluding hydrogens is 359 g/mol. The number of rotatable bonds is 6. The van der Waals surface area contributed by atoms with E-state index in [9.17, 15) is 12.8 Å². The van der Waals surface area contributed by atoms with Gasteiger partial charge in [0.05, 0.1) is 19.8 Å². The molecule has 0 aliphatic rings. The summed E-state index contributed by atoms with van der Waals surface area (Å²) in [5, 5.41) is 27.2. The second kappa shape index (κ2) is 6.33. The number of nitrogens with one attached hydrogen (secondary N) is 1. The molecule has 1 rings (SSSR count). The number of nitrogen functional groups attached to an aromatic ring is 1. The summed E-state index contributed by atoms with van der Waals surface area (Å²) in [6.45, 7) is -2.60. The topological polar surface area (TPSA) is 133 Å². The third kappa shape index (κ3) is 3.45. The monoisotopic (exact) mass is 372 g/mol. The predicted molar refractivity (Wildman–Crippen MR) is 72.8 cm³/mol. The van der Waals surface area contributed by atoms with Gasteiger partial charge in [0.15, 0.2) is 0 Å². The fourth-order valence-electron chi connectivity index (χ4n) is 1.34. The number of aliphatic hydroxyl groups is 3. The number of hydrogen-bond acceptors (Lipinski definition) is 6. The Labute approximate surface area is 123 Å². The molecule has 1 aromatic carbocycles. The molecule has 0 fully saturated rings. The fourth-order valence-corrected chi connectivity index (χ4v) is 3.12. The Hall–Kier alpha value is -0.780. The number of nitrogens with two attached hydrogens (primary N) is 1. The van der Waals surface area contributed by atoms with Crippen LogP contribution in [-0.2, 0) is 10.0 Å². The first-order valence-corrected chi connectivity index (χ1v) is 7.60. The summed E-state index contributed by atoms with van der Waals surface area (Å²) in [5.41, 5.74) is 3.59. The zero-order valence-electron chi connectivity index (χ0n) is 10.2. The zero-order chi connectivity index (χ0) is 15.6. The van der Waals surface area contributed by atoms with Crippen molar-refractivity contribution < 1.29 is 28.1 Å². The van der Waals surface area contributed by atoms with E-state index in [0.717, 1.165) is 12.1 Å². The highest BCUT2D eigenvalue weighted by Crippen LogP contribution is 2.26. The Balaban J connectivity index is 3.28. The minimum absolute atomic E-state index is 0.00521. The van der Waals surface area contributed by atoms with E-state index < -0.39 is 46.1 Å². The van der Waals surface area contributed by atoms with Crippen molar-refractivity contribution >= 4 is 31.6 Å². The number of anilines is 1. The molecule has 0 atom stereocenters. The molecule has 20 heavy (non-hydrogen) atoms. The second-order valence-electron chi connectivity index (χ2n) is 4.16. The molecule has 0 bridgehead atoms. The Kier molecular flexibility index (Phi) is 5.46. The van der Waals surface area contributed by atoms with Gasteiger partial charge in [0.1, 0.15) is 16.3 Å². The van der Waals surface area contributed by atoms with E-state index in [2.05, 4.69) is 15.9 Å². The maximum Gasteiger partial charge on any atom is 0.244 e. The van der Waals surface area contributed by atoms with E-state index in [1.54, 1.807) is 0 Å². The molecule has 0 saturated heterocycles. The van der Waals surface area contributed by atoms with Gasteiger partial charge in [-0.2, -0.15) is 4.72 Å². The van der Waals surface area contributed by atoms with Gasteiger partial charge in [-0.15, -0.1) is 0 Å². The van der Waals surface area contributed by atoms with Gasteiger partial charge in [0.2, 0.25) is 10.0 Å². The number of benzene rings is 1. The average molecular weight is 373 g/mol. The molecule has 114 valence electrons. The molecule has 0 heterocycles. The highest BCUT2D eigenvalue weighted by Gasteiger charge is 2.35. The first kappa shape index (κ1) is 17.3. The molecule has 10 heteroatoms. The Morgan fingerprint density at radius 3 is 2.20 bits per heavy atom. The van der Waals surface area contributed by atoms with Gasteiger partial charge in [-0.25, -0.2) is 12.8 Å². The van der Waals surface area contributed by atoms with Crippen LogP contribution < -0.4 is 10.5 Å². The predicted octanol–water partition coefficient (Wildman–Crippen LogP) is -0.836. The standard InChI is InChI=1S/C10H14BrFN2O5S/c11-6-1-7(12)9(2-8(6)13)20(18,19)14-10(3-15,4-16)5-17/h1-2,14-17H,3-5,13H2. The Morgan fingerprint density at radius 1 is 1.25 bits per heavy atom. The van der Waals surface area contributed by atoms with Crippen molar-refractivity contribution in [3.8, 4) is 0 Å². The minimum atomic E-state index is -4.43. The largest absolute Gasteiger partial charge is 0.398 e. The molecule has 7 nitrogen and oxygen atoms in total. The number of hydrogen-bond donors (Lipinski definition) is 5. The molecule has 0 aromatic heterocycles. The van der Waals surface area contributed by atoms with Gasteiger partial charge < -0.3 is 21.1 Å². The number of sulfonamides is 1. The minimum Gasteiger partial charge on any atom is -0.398 e. The molecule has 0 unspecified atom stereocenters. The van der Waals surface area contributed by atoms with E-state index in [-0.39, 0.29) is 10.2 Å². The van der Waals surface area contributed by atoms with Gasteiger partial charge in [-0.05, 0) is 28.1 Å². The van der Waals surface area contributed by atoms with Gasteiger partial charge >= 0.3 is 0 Å². The molecule has 0 spiro atoms.